The summed E-state index contributed by atoms with van der Waals surface area (Å²) in [7, 11) is 0. The van der Waals surface area contributed by atoms with Gasteiger partial charge in [-0.05, 0) is 50.8 Å². The summed E-state index contributed by atoms with van der Waals surface area (Å²) in [5.41, 5.74) is 1.83. The molecular weight excluding hydrogens is 423 g/mol. The Morgan fingerprint density at radius 1 is 1.23 bits per heavy atom. The Bertz CT molecular complexity index is 874. The van der Waals surface area contributed by atoms with E-state index in [1.807, 2.05) is 31.2 Å². The van der Waals surface area contributed by atoms with Crippen LogP contribution in [0.4, 0.5) is 5.69 Å². The topological polar surface area (TPSA) is 61.6 Å². The van der Waals surface area contributed by atoms with Gasteiger partial charge in [0.2, 0.25) is 5.91 Å². The quantitative estimate of drug-likeness (QED) is 0.691. The molecule has 1 aliphatic carbocycles. The van der Waals surface area contributed by atoms with E-state index in [-0.39, 0.29) is 12.3 Å². The molecule has 1 aliphatic heterocycles. The summed E-state index contributed by atoms with van der Waals surface area (Å²) in [5.74, 6) is 1.34. The number of piperazine rings is 1. The van der Waals surface area contributed by atoms with E-state index >= 15 is 0 Å². The van der Waals surface area contributed by atoms with Gasteiger partial charge in [0.15, 0.2) is 0 Å². The molecule has 2 heterocycles. The summed E-state index contributed by atoms with van der Waals surface area (Å²) in [5, 5.41) is 8.18. The number of aromatic nitrogens is 1. The van der Waals surface area contributed by atoms with Crippen molar-refractivity contribution < 1.29 is 9.32 Å². The monoisotopic (exact) mass is 450 g/mol. The summed E-state index contributed by atoms with van der Waals surface area (Å²) in [6.45, 7) is 6.96. The highest BCUT2D eigenvalue weighted by atomic mass is 35.5. The summed E-state index contributed by atoms with van der Waals surface area (Å²) in [4.78, 5) is 16.9. The van der Waals surface area contributed by atoms with Crippen LogP contribution >= 0.6 is 23.2 Å². The molecule has 30 heavy (non-hydrogen) atoms. The van der Waals surface area contributed by atoms with Crippen LogP contribution in [0.5, 0.6) is 0 Å². The zero-order chi connectivity index (χ0) is 21.1. The van der Waals surface area contributed by atoms with Gasteiger partial charge >= 0.3 is 0 Å². The van der Waals surface area contributed by atoms with Crippen LogP contribution < -0.4 is 10.2 Å². The number of rotatable bonds is 7. The van der Waals surface area contributed by atoms with E-state index in [9.17, 15) is 4.79 Å². The lowest BCUT2D eigenvalue weighted by molar-refractivity contribution is -0.122. The van der Waals surface area contributed by atoms with Gasteiger partial charge in [-0.25, -0.2) is 0 Å². The third-order valence-electron chi connectivity index (χ3n) is 6.11. The molecule has 0 radical (unpaired) electrons. The molecule has 2 fully saturated rings. The van der Waals surface area contributed by atoms with Crippen molar-refractivity contribution in [3.8, 4) is 0 Å². The molecule has 0 bridgehead atoms. The molecule has 162 valence electrons. The largest absolute Gasteiger partial charge is 0.368 e. The average Bonchev–Trinajstić information content (AvgIpc) is 3.10. The van der Waals surface area contributed by atoms with Gasteiger partial charge < -0.3 is 14.7 Å². The van der Waals surface area contributed by atoms with Gasteiger partial charge in [-0.3, -0.25) is 9.69 Å². The first-order valence-electron chi connectivity index (χ1n) is 10.6. The van der Waals surface area contributed by atoms with Crippen molar-refractivity contribution in [2.24, 2.45) is 5.92 Å². The van der Waals surface area contributed by atoms with Crippen LogP contribution in [0, 0.1) is 12.8 Å². The Morgan fingerprint density at radius 3 is 2.70 bits per heavy atom. The lowest BCUT2D eigenvalue weighted by Gasteiger charge is -2.39. The van der Waals surface area contributed by atoms with E-state index in [1.54, 1.807) is 0 Å². The number of hydrogen-bond acceptors (Lipinski definition) is 5. The predicted octanol–water partition coefficient (Wildman–Crippen LogP) is 3.94. The molecule has 8 heteroatoms. The number of carbonyl (C=O) groups excluding carboxylic acids is 1. The second-order valence-corrected chi connectivity index (χ2v) is 9.19. The Balaban J connectivity index is 1.12. The summed E-state index contributed by atoms with van der Waals surface area (Å²) >= 11 is 12.5. The van der Waals surface area contributed by atoms with Gasteiger partial charge in [-0.1, -0.05) is 34.4 Å². The fourth-order valence-electron chi connectivity index (χ4n) is 4.34. The average molecular weight is 451 g/mol. The van der Waals surface area contributed by atoms with Gasteiger partial charge in [0.1, 0.15) is 5.76 Å². The van der Waals surface area contributed by atoms with Crippen LogP contribution in [-0.4, -0.2) is 54.7 Å². The first-order valence-corrected chi connectivity index (χ1v) is 11.4. The Kier molecular flexibility index (Phi) is 6.86. The lowest BCUT2D eigenvalue weighted by Crippen LogP contribution is -2.48. The zero-order valence-corrected chi connectivity index (χ0v) is 18.8. The molecule has 2 aliphatic rings. The lowest BCUT2D eigenvalue weighted by atomic mass is 9.78. The molecule has 6 nitrogen and oxygen atoms in total. The molecule has 0 atom stereocenters. The van der Waals surface area contributed by atoms with Crippen molar-refractivity contribution >= 4 is 34.8 Å². The van der Waals surface area contributed by atoms with Gasteiger partial charge in [-0.15, -0.1) is 0 Å². The van der Waals surface area contributed by atoms with Crippen molar-refractivity contribution in [1.29, 1.82) is 0 Å². The van der Waals surface area contributed by atoms with Gasteiger partial charge in [0.25, 0.3) is 0 Å². The summed E-state index contributed by atoms with van der Waals surface area (Å²) < 4.78 is 5.11. The molecule has 1 saturated carbocycles. The summed E-state index contributed by atoms with van der Waals surface area (Å²) in [6.07, 6.45) is 3.59. The van der Waals surface area contributed by atoms with Crippen molar-refractivity contribution in [3.63, 3.8) is 0 Å². The Morgan fingerprint density at radius 2 is 2.00 bits per heavy atom. The number of benzene rings is 1. The maximum absolute atomic E-state index is 12.1. The number of anilines is 1. The Hall–Kier alpha value is -1.76. The molecular formula is C22H28Cl2N4O2. The van der Waals surface area contributed by atoms with E-state index < -0.39 is 0 Å². The SMILES string of the molecule is Cc1cc(CC(=O)NC2CC(CCN3CCN(c4cccc(Cl)c4Cl)CC3)C2)on1. The van der Waals surface area contributed by atoms with Crippen LogP contribution in [0.25, 0.3) is 0 Å². The van der Waals surface area contributed by atoms with Crippen molar-refractivity contribution in [1.82, 2.24) is 15.4 Å². The third-order valence-corrected chi connectivity index (χ3v) is 6.92. The van der Waals surface area contributed by atoms with Gasteiger partial charge in [0.05, 0.1) is 27.8 Å². The number of halogens is 2. The number of hydrogen-bond donors (Lipinski definition) is 1. The first kappa shape index (κ1) is 21.5. The molecule has 1 amide bonds. The van der Waals surface area contributed by atoms with Gasteiger partial charge in [0, 0.05) is 38.3 Å². The van der Waals surface area contributed by atoms with Crippen LogP contribution in [0.3, 0.4) is 0 Å². The normalized spacial score (nSPS) is 22.0. The summed E-state index contributed by atoms with van der Waals surface area (Å²) in [6, 6.07) is 7.93. The molecule has 1 saturated heterocycles. The van der Waals surface area contributed by atoms with Crippen LogP contribution in [-0.2, 0) is 11.2 Å². The molecule has 1 aromatic carbocycles. The standard InChI is InChI=1S/C22H28Cl2N4O2/c1-15-11-18(30-26-15)14-21(29)25-17-12-16(13-17)5-6-27-7-9-28(10-8-27)20-4-2-3-19(23)22(20)24/h2-4,11,16-17H,5-10,12-14H2,1H3,(H,25,29). The highest BCUT2D eigenvalue weighted by Gasteiger charge is 2.31. The molecule has 1 N–H and O–H groups in total. The number of aryl methyl sites for hydroxylation is 1. The highest BCUT2D eigenvalue weighted by molar-refractivity contribution is 6.43. The second kappa shape index (κ2) is 9.58. The second-order valence-electron chi connectivity index (χ2n) is 8.40. The van der Waals surface area contributed by atoms with E-state index in [1.165, 1.54) is 6.42 Å². The fourth-order valence-corrected chi connectivity index (χ4v) is 4.76. The minimum Gasteiger partial charge on any atom is -0.368 e. The Labute approximate surface area is 187 Å². The number of carbonyl (C=O) groups is 1. The van der Waals surface area contributed by atoms with Crippen LogP contribution in [0.2, 0.25) is 10.0 Å². The smallest absolute Gasteiger partial charge is 0.227 e. The molecule has 0 spiro atoms. The maximum atomic E-state index is 12.1. The minimum absolute atomic E-state index is 0.0189. The van der Waals surface area contributed by atoms with E-state index in [4.69, 9.17) is 27.7 Å². The molecule has 4 rings (SSSR count). The molecule has 0 unspecified atom stereocenters. The van der Waals surface area contributed by atoms with Crippen molar-refractivity contribution in [2.75, 3.05) is 37.6 Å². The molecule has 2 aromatic rings. The van der Waals surface area contributed by atoms with E-state index in [0.717, 1.165) is 56.9 Å². The highest BCUT2D eigenvalue weighted by Crippen LogP contribution is 2.33. The fraction of sp³-hybridized carbons (Fsp3) is 0.545. The maximum Gasteiger partial charge on any atom is 0.227 e. The minimum atomic E-state index is 0.0189. The van der Waals surface area contributed by atoms with Crippen molar-refractivity contribution in [3.05, 3.63) is 45.8 Å². The number of nitrogens with zero attached hydrogens (tertiary/aromatic N) is 3. The zero-order valence-electron chi connectivity index (χ0n) is 17.2. The van der Waals surface area contributed by atoms with Crippen molar-refractivity contribution in [2.45, 2.75) is 38.6 Å². The third kappa shape index (κ3) is 5.29. The van der Waals surface area contributed by atoms with Crippen LogP contribution in [0.15, 0.2) is 28.8 Å². The number of nitrogens with one attached hydrogen (secondary N) is 1. The van der Waals surface area contributed by atoms with Gasteiger partial charge in [-0.2, -0.15) is 0 Å². The molecule has 1 aromatic heterocycles. The van der Waals surface area contributed by atoms with E-state index in [2.05, 4.69) is 20.3 Å². The number of amides is 1. The predicted molar refractivity (Wildman–Crippen MR) is 119 cm³/mol. The van der Waals surface area contributed by atoms with E-state index in [0.29, 0.717) is 27.8 Å². The first-order chi connectivity index (χ1) is 14.5. The van der Waals surface area contributed by atoms with Crippen LogP contribution in [0.1, 0.15) is 30.7 Å².